The summed E-state index contributed by atoms with van der Waals surface area (Å²) in [7, 11) is 1.73. The molecular weight excluding hydrogens is 240 g/mol. The van der Waals surface area contributed by atoms with Crippen molar-refractivity contribution in [1.82, 2.24) is 10.2 Å². The number of hydrogen-bond acceptors (Lipinski definition) is 3. The van der Waals surface area contributed by atoms with Crippen molar-refractivity contribution in [3.63, 3.8) is 0 Å². The number of ether oxygens (including phenoxy) is 1. The predicted molar refractivity (Wildman–Crippen MR) is 73.6 cm³/mol. The molecule has 0 aromatic carbocycles. The fourth-order valence-electron chi connectivity index (χ4n) is 3.79. The summed E-state index contributed by atoms with van der Waals surface area (Å²) in [5.74, 6) is 1.02. The summed E-state index contributed by atoms with van der Waals surface area (Å²) in [4.78, 5) is 14.8. The number of hydrogen-bond donors (Lipinski definition) is 1. The normalized spacial score (nSPS) is 31.4. The lowest BCUT2D eigenvalue weighted by Gasteiger charge is -2.33. The van der Waals surface area contributed by atoms with Gasteiger partial charge in [-0.15, -0.1) is 0 Å². The van der Waals surface area contributed by atoms with E-state index in [0.29, 0.717) is 11.8 Å². The Morgan fingerprint density at radius 3 is 2.68 bits per heavy atom. The minimum absolute atomic E-state index is 0.172. The number of nitrogens with zero attached hydrogens (tertiary/aromatic N) is 1. The number of carbonyl (C=O) groups excluding carboxylic acids is 1. The van der Waals surface area contributed by atoms with Crippen molar-refractivity contribution in [2.45, 2.75) is 69.6 Å². The first-order chi connectivity index (χ1) is 9.18. The van der Waals surface area contributed by atoms with Crippen molar-refractivity contribution in [2.75, 3.05) is 13.7 Å². The molecule has 1 N–H and O–H groups in total. The minimum Gasteiger partial charge on any atom is -0.385 e. The van der Waals surface area contributed by atoms with E-state index in [-0.39, 0.29) is 17.7 Å². The lowest BCUT2D eigenvalue weighted by Crippen LogP contribution is -2.47. The summed E-state index contributed by atoms with van der Waals surface area (Å²) in [6.45, 7) is 2.90. The zero-order valence-electron chi connectivity index (χ0n) is 12.2. The molecule has 2 unspecified atom stereocenters. The zero-order chi connectivity index (χ0) is 13.5. The highest BCUT2D eigenvalue weighted by Gasteiger charge is 2.60. The highest BCUT2D eigenvalue weighted by atomic mass is 16.5. The van der Waals surface area contributed by atoms with E-state index in [0.717, 1.165) is 25.9 Å². The van der Waals surface area contributed by atoms with Crippen LogP contribution >= 0.6 is 0 Å². The average molecular weight is 266 g/mol. The summed E-state index contributed by atoms with van der Waals surface area (Å²) in [6, 6.07) is 0.283. The molecule has 108 valence electrons. The van der Waals surface area contributed by atoms with Crippen molar-refractivity contribution in [2.24, 2.45) is 5.92 Å². The lowest BCUT2D eigenvalue weighted by atomic mass is 10.0. The Bertz CT molecular complexity index is 348. The first kappa shape index (κ1) is 13.4. The molecule has 0 bridgehead atoms. The number of nitrogens with one attached hydrogen (secondary N) is 1. The summed E-state index contributed by atoms with van der Waals surface area (Å²) in [5, 5.41) is 3.68. The van der Waals surface area contributed by atoms with Gasteiger partial charge in [0.05, 0.1) is 11.7 Å². The summed E-state index contributed by atoms with van der Waals surface area (Å²) in [5.41, 5.74) is -0.172. The molecule has 3 rings (SSSR count). The Morgan fingerprint density at radius 1 is 1.42 bits per heavy atom. The van der Waals surface area contributed by atoms with E-state index in [1.54, 1.807) is 7.11 Å². The van der Waals surface area contributed by atoms with Gasteiger partial charge in [0.2, 0.25) is 5.91 Å². The molecular formula is C15H26N2O2. The second kappa shape index (κ2) is 5.06. The van der Waals surface area contributed by atoms with Gasteiger partial charge in [-0.1, -0.05) is 12.8 Å². The Kier molecular flexibility index (Phi) is 3.56. The molecule has 1 saturated heterocycles. The van der Waals surface area contributed by atoms with E-state index in [1.165, 1.54) is 25.7 Å². The fraction of sp³-hybridized carbons (Fsp3) is 0.933. The number of rotatable bonds is 5. The number of methoxy groups -OCH3 is 1. The van der Waals surface area contributed by atoms with Gasteiger partial charge in [-0.3, -0.25) is 10.1 Å². The molecule has 0 aromatic heterocycles. The SMILES string of the molecule is COCCC(C)N1C(=O)C2(CC2)NC1C1CCCC1. The Balaban J connectivity index is 1.74. The van der Waals surface area contributed by atoms with Gasteiger partial charge in [0, 0.05) is 19.8 Å². The molecule has 19 heavy (non-hydrogen) atoms. The van der Waals surface area contributed by atoms with Crippen molar-refractivity contribution in [3.05, 3.63) is 0 Å². The smallest absolute Gasteiger partial charge is 0.244 e. The Hall–Kier alpha value is -0.610. The quantitative estimate of drug-likeness (QED) is 0.826. The molecule has 2 atom stereocenters. The molecule has 4 heteroatoms. The maximum Gasteiger partial charge on any atom is 0.244 e. The third kappa shape index (κ3) is 2.29. The van der Waals surface area contributed by atoms with E-state index in [9.17, 15) is 4.79 Å². The summed E-state index contributed by atoms with van der Waals surface area (Å²) >= 11 is 0. The molecule has 2 aliphatic carbocycles. The molecule has 1 amide bonds. The first-order valence-electron chi connectivity index (χ1n) is 7.77. The van der Waals surface area contributed by atoms with E-state index >= 15 is 0 Å². The van der Waals surface area contributed by atoms with Crippen LogP contribution in [-0.4, -0.2) is 42.3 Å². The molecule has 2 saturated carbocycles. The van der Waals surface area contributed by atoms with Gasteiger partial charge in [0.25, 0.3) is 0 Å². The van der Waals surface area contributed by atoms with Crippen molar-refractivity contribution in [1.29, 1.82) is 0 Å². The second-order valence-corrected chi connectivity index (χ2v) is 6.56. The average Bonchev–Trinajstić information content (AvgIpc) is 2.87. The van der Waals surface area contributed by atoms with Crippen LogP contribution in [0.15, 0.2) is 0 Å². The molecule has 4 nitrogen and oxygen atoms in total. The number of carbonyl (C=O) groups is 1. The van der Waals surface area contributed by atoms with Crippen LogP contribution in [0.3, 0.4) is 0 Å². The van der Waals surface area contributed by atoms with Gasteiger partial charge in [0.1, 0.15) is 0 Å². The topological polar surface area (TPSA) is 41.6 Å². The van der Waals surface area contributed by atoms with Crippen LogP contribution < -0.4 is 5.32 Å². The van der Waals surface area contributed by atoms with Crippen LogP contribution in [0.25, 0.3) is 0 Å². The van der Waals surface area contributed by atoms with Gasteiger partial charge in [-0.05, 0) is 44.9 Å². The molecule has 1 spiro atoms. The van der Waals surface area contributed by atoms with Crippen molar-refractivity contribution < 1.29 is 9.53 Å². The van der Waals surface area contributed by atoms with E-state index in [2.05, 4.69) is 17.1 Å². The van der Waals surface area contributed by atoms with Crippen LogP contribution in [-0.2, 0) is 9.53 Å². The molecule has 0 aromatic rings. The standard InChI is InChI=1S/C15H26N2O2/c1-11(7-10-19-2)17-13(12-5-3-4-6-12)16-15(8-9-15)14(17)18/h11-13,16H,3-10H2,1-2H3. The predicted octanol–water partition coefficient (Wildman–Crippen LogP) is 1.89. The van der Waals surface area contributed by atoms with Crippen LogP contribution in [0.5, 0.6) is 0 Å². The van der Waals surface area contributed by atoms with Gasteiger partial charge in [-0.25, -0.2) is 0 Å². The van der Waals surface area contributed by atoms with Gasteiger partial charge in [0.15, 0.2) is 0 Å². The monoisotopic (exact) mass is 266 g/mol. The summed E-state index contributed by atoms with van der Waals surface area (Å²) < 4.78 is 5.18. The van der Waals surface area contributed by atoms with Crippen LogP contribution in [0, 0.1) is 5.92 Å². The van der Waals surface area contributed by atoms with E-state index in [4.69, 9.17) is 4.74 Å². The number of amides is 1. The molecule has 3 aliphatic rings. The lowest BCUT2D eigenvalue weighted by molar-refractivity contribution is -0.133. The van der Waals surface area contributed by atoms with Crippen molar-refractivity contribution >= 4 is 5.91 Å². The van der Waals surface area contributed by atoms with Crippen LogP contribution in [0.4, 0.5) is 0 Å². The zero-order valence-corrected chi connectivity index (χ0v) is 12.2. The largest absolute Gasteiger partial charge is 0.385 e. The fourth-order valence-corrected chi connectivity index (χ4v) is 3.79. The third-order valence-electron chi connectivity index (χ3n) is 5.18. The van der Waals surface area contributed by atoms with E-state index in [1.807, 2.05) is 0 Å². The van der Waals surface area contributed by atoms with E-state index < -0.39 is 0 Å². The van der Waals surface area contributed by atoms with Crippen molar-refractivity contribution in [3.8, 4) is 0 Å². The van der Waals surface area contributed by atoms with Gasteiger partial charge >= 0.3 is 0 Å². The highest BCUT2D eigenvalue weighted by molar-refractivity contribution is 5.92. The molecule has 1 heterocycles. The Labute approximate surface area is 115 Å². The maximum absolute atomic E-state index is 12.7. The van der Waals surface area contributed by atoms with Crippen LogP contribution in [0.1, 0.15) is 51.9 Å². The minimum atomic E-state index is -0.172. The first-order valence-corrected chi connectivity index (χ1v) is 7.77. The van der Waals surface area contributed by atoms with Gasteiger partial charge < -0.3 is 9.64 Å². The molecule has 1 aliphatic heterocycles. The third-order valence-corrected chi connectivity index (χ3v) is 5.18. The van der Waals surface area contributed by atoms with Crippen LogP contribution in [0.2, 0.25) is 0 Å². The molecule has 3 fully saturated rings. The summed E-state index contributed by atoms with van der Waals surface area (Å²) in [6.07, 6.45) is 8.47. The second-order valence-electron chi connectivity index (χ2n) is 6.56. The Morgan fingerprint density at radius 2 is 2.11 bits per heavy atom. The van der Waals surface area contributed by atoms with Gasteiger partial charge in [-0.2, -0.15) is 0 Å². The molecule has 0 radical (unpaired) electrons. The maximum atomic E-state index is 12.7. The highest BCUT2D eigenvalue weighted by Crippen LogP contribution is 2.46.